The zero-order chi connectivity index (χ0) is 9.10. The molecule has 1 N–H and O–H groups in total. The van der Waals surface area contributed by atoms with E-state index in [1.54, 1.807) is 0 Å². The summed E-state index contributed by atoms with van der Waals surface area (Å²) in [6, 6.07) is 4.31. The molecule has 3 nitrogen and oxygen atoms in total. The zero-order valence-electron chi connectivity index (χ0n) is 8.16. The lowest BCUT2D eigenvalue weighted by atomic mass is 10.3. The van der Waals surface area contributed by atoms with E-state index in [0.29, 0.717) is 0 Å². The van der Waals surface area contributed by atoms with Crippen LogP contribution in [0.15, 0.2) is 18.3 Å². The maximum Gasteiger partial charge on any atom is 0.0388 e. The molecule has 2 heterocycles. The van der Waals surface area contributed by atoms with Gasteiger partial charge in [0.1, 0.15) is 0 Å². The summed E-state index contributed by atoms with van der Waals surface area (Å²) < 4.78 is 2.20. The van der Waals surface area contributed by atoms with Crippen LogP contribution in [-0.4, -0.2) is 35.6 Å². The molecule has 1 aliphatic heterocycles. The van der Waals surface area contributed by atoms with Gasteiger partial charge >= 0.3 is 0 Å². The van der Waals surface area contributed by atoms with Crippen LogP contribution in [0.3, 0.4) is 0 Å². The third-order valence-corrected chi connectivity index (χ3v) is 2.65. The highest BCUT2D eigenvalue weighted by molar-refractivity contribution is 5.06. The molecule has 1 aromatic heterocycles. The Hall–Kier alpha value is -0.800. The Morgan fingerprint density at radius 2 is 2.15 bits per heavy atom. The summed E-state index contributed by atoms with van der Waals surface area (Å²) in [7, 11) is 2.11. The first-order valence-corrected chi connectivity index (χ1v) is 4.89. The van der Waals surface area contributed by atoms with E-state index in [2.05, 4.69) is 40.2 Å². The van der Waals surface area contributed by atoms with E-state index < -0.39 is 0 Å². The highest BCUT2D eigenvalue weighted by atomic mass is 15.2. The van der Waals surface area contributed by atoms with Crippen molar-refractivity contribution in [3.05, 3.63) is 24.0 Å². The smallest absolute Gasteiger partial charge is 0.0388 e. The quantitative estimate of drug-likeness (QED) is 0.710. The molecule has 2 rings (SSSR count). The topological polar surface area (TPSA) is 20.2 Å². The first kappa shape index (κ1) is 8.78. The van der Waals surface area contributed by atoms with Gasteiger partial charge in [-0.3, -0.25) is 4.90 Å². The third-order valence-electron chi connectivity index (χ3n) is 2.65. The Kier molecular flexibility index (Phi) is 2.66. The number of nitrogens with one attached hydrogen (secondary N) is 1. The van der Waals surface area contributed by atoms with Crippen molar-refractivity contribution in [1.82, 2.24) is 14.8 Å². The molecule has 0 radical (unpaired) electrons. The summed E-state index contributed by atoms with van der Waals surface area (Å²) in [5.41, 5.74) is 1.40. The van der Waals surface area contributed by atoms with Gasteiger partial charge in [-0.1, -0.05) is 0 Å². The van der Waals surface area contributed by atoms with E-state index in [1.165, 1.54) is 18.8 Å². The Labute approximate surface area is 79.3 Å². The molecular weight excluding hydrogens is 162 g/mol. The third kappa shape index (κ3) is 2.11. The number of rotatable bonds is 2. The van der Waals surface area contributed by atoms with Gasteiger partial charge in [0.2, 0.25) is 0 Å². The molecule has 3 heteroatoms. The van der Waals surface area contributed by atoms with Crippen molar-refractivity contribution >= 4 is 0 Å². The molecule has 72 valence electrons. The van der Waals surface area contributed by atoms with Gasteiger partial charge in [0.25, 0.3) is 0 Å². The largest absolute Gasteiger partial charge is 0.353 e. The van der Waals surface area contributed by atoms with Gasteiger partial charge < -0.3 is 9.88 Å². The standard InChI is InChI=1S/C10H17N3/c1-12-6-2-3-10(12)9-13-7-4-11-5-8-13/h2-3,6,11H,4-5,7-9H2,1H3. The first-order chi connectivity index (χ1) is 6.36. The molecule has 0 amide bonds. The van der Waals surface area contributed by atoms with Crippen molar-refractivity contribution in [2.75, 3.05) is 26.2 Å². The Morgan fingerprint density at radius 3 is 2.77 bits per heavy atom. The predicted octanol–water partition coefficient (Wildman–Crippen LogP) is 0.430. The molecule has 0 unspecified atom stereocenters. The van der Waals surface area contributed by atoms with Crippen LogP contribution in [0.1, 0.15) is 5.69 Å². The van der Waals surface area contributed by atoms with Crippen molar-refractivity contribution < 1.29 is 0 Å². The lowest BCUT2D eigenvalue weighted by molar-refractivity contribution is 0.229. The van der Waals surface area contributed by atoms with E-state index in [9.17, 15) is 0 Å². The number of piperazine rings is 1. The Bertz CT molecular complexity index is 261. The van der Waals surface area contributed by atoms with Crippen LogP contribution in [-0.2, 0) is 13.6 Å². The summed E-state index contributed by atoms with van der Waals surface area (Å²) in [4.78, 5) is 2.49. The molecule has 0 aromatic carbocycles. The maximum atomic E-state index is 3.36. The van der Waals surface area contributed by atoms with E-state index in [-0.39, 0.29) is 0 Å². The maximum absolute atomic E-state index is 3.36. The van der Waals surface area contributed by atoms with Crippen LogP contribution in [0.25, 0.3) is 0 Å². The normalized spacial score (nSPS) is 19.2. The van der Waals surface area contributed by atoms with Crippen molar-refractivity contribution in [2.45, 2.75) is 6.54 Å². The minimum Gasteiger partial charge on any atom is -0.353 e. The fourth-order valence-corrected chi connectivity index (χ4v) is 1.76. The number of hydrogen-bond donors (Lipinski definition) is 1. The van der Waals surface area contributed by atoms with E-state index in [4.69, 9.17) is 0 Å². The summed E-state index contributed by atoms with van der Waals surface area (Å²) in [6.45, 7) is 5.69. The number of aromatic nitrogens is 1. The van der Waals surface area contributed by atoms with Crippen LogP contribution in [0.5, 0.6) is 0 Å². The minimum absolute atomic E-state index is 1.09. The van der Waals surface area contributed by atoms with Gasteiger partial charge in [-0.25, -0.2) is 0 Å². The van der Waals surface area contributed by atoms with Crippen LogP contribution >= 0.6 is 0 Å². The summed E-state index contributed by atoms with van der Waals surface area (Å²) in [6.07, 6.45) is 2.11. The van der Waals surface area contributed by atoms with Crippen molar-refractivity contribution in [3.63, 3.8) is 0 Å². The van der Waals surface area contributed by atoms with Crippen LogP contribution in [0.2, 0.25) is 0 Å². The first-order valence-electron chi connectivity index (χ1n) is 4.89. The molecule has 1 aliphatic rings. The molecule has 13 heavy (non-hydrogen) atoms. The molecule has 0 bridgehead atoms. The highest BCUT2D eigenvalue weighted by Crippen LogP contribution is 2.05. The molecule has 1 aromatic rings. The van der Waals surface area contributed by atoms with Crippen molar-refractivity contribution in [3.8, 4) is 0 Å². The molecule has 0 aliphatic carbocycles. The summed E-state index contributed by atoms with van der Waals surface area (Å²) >= 11 is 0. The van der Waals surface area contributed by atoms with Gasteiger partial charge in [-0.15, -0.1) is 0 Å². The number of aryl methyl sites for hydroxylation is 1. The molecule has 1 saturated heterocycles. The van der Waals surface area contributed by atoms with Gasteiger partial charge in [0, 0.05) is 51.7 Å². The average molecular weight is 179 g/mol. The van der Waals surface area contributed by atoms with Crippen LogP contribution in [0.4, 0.5) is 0 Å². The van der Waals surface area contributed by atoms with E-state index in [0.717, 1.165) is 19.6 Å². The van der Waals surface area contributed by atoms with Gasteiger partial charge in [0.15, 0.2) is 0 Å². The minimum atomic E-state index is 1.09. The average Bonchev–Trinajstić information content (AvgIpc) is 2.54. The molecule has 0 spiro atoms. The monoisotopic (exact) mass is 179 g/mol. The molecule has 0 saturated carbocycles. The fourth-order valence-electron chi connectivity index (χ4n) is 1.76. The molecular formula is C10H17N3. The van der Waals surface area contributed by atoms with Gasteiger partial charge in [-0.05, 0) is 12.1 Å². The van der Waals surface area contributed by atoms with Gasteiger partial charge in [-0.2, -0.15) is 0 Å². The molecule has 0 atom stereocenters. The predicted molar refractivity (Wildman–Crippen MR) is 53.6 cm³/mol. The lowest BCUT2D eigenvalue weighted by Crippen LogP contribution is -2.43. The summed E-state index contributed by atoms with van der Waals surface area (Å²) in [5, 5.41) is 3.36. The van der Waals surface area contributed by atoms with Gasteiger partial charge in [0.05, 0.1) is 0 Å². The van der Waals surface area contributed by atoms with E-state index in [1.807, 2.05) is 0 Å². The Morgan fingerprint density at radius 1 is 1.38 bits per heavy atom. The van der Waals surface area contributed by atoms with Crippen LogP contribution in [0, 0.1) is 0 Å². The zero-order valence-corrected chi connectivity index (χ0v) is 8.16. The van der Waals surface area contributed by atoms with Crippen LogP contribution < -0.4 is 5.32 Å². The van der Waals surface area contributed by atoms with Crippen molar-refractivity contribution in [1.29, 1.82) is 0 Å². The summed E-state index contributed by atoms with van der Waals surface area (Å²) in [5.74, 6) is 0. The van der Waals surface area contributed by atoms with E-state index >= 15 is 0 Å². The second-order valence-corrected chi connectivity index (χ2v) is 3.64. The number of hydrogen-bond acceptors (Lipinski definition) is 2. The second-order valence-electron chi connectivity index (χ2n) is 3.64. The van der Waals surface area contributed by atoms with Crippen molar-refractivity contribution in [2.24, 2.45) is 7.05 Å². The lowest BCUT2D eigenvalue weighted by Gasteiger charge is -2.27. The SMILES string of the molecule is Cn1cccc1CN1CCNCC1. The molecule has 1 fully saturated rings. The highest BCUT2D eigenvalue weighted by Gasteiger charge is 2.10. The second kappa shape index (κ2) is 3.94. The number of nitrogens with zero attached hydrogens (tertiary/aromatic N) is 2. The Balaban J connectivity index is 1.93. The fraction of sp³-hybridized carbons (Fsp3) is 0.600.